The summed E-state index contributed by atoms with van der Waals surface area (Å²) in [5.74, 6) is 3.06. The van der Waals surface area contributed by atoms with Crippen molar-refractivity contribution in [3.63, 3.8) is 0 Å². The van der Waals surface area contributed by atoms with Crippen LogP contribution < -0.4 is 5.73 Å². The van der Waals surface area contributed by atoms with Crippen molar-refractivity contribution in [1.82, 2.24) is 10.1 Å². The Morgan fingerprint density at radius 3 is 2.70 bits per heavy atom. The summed E-state index contributed by atoms with van der Waals surface area (Å²) in [5, 5.41) is 4.23. The maximum absolute atomic E-state index is 5.89. The van der Waals surface area contributed by atoms with Gasteiger partial charge >= 0.3 is 0 Å². The number of rotatable bonds is 4. The maximum atomic E-state index is 5.89. The van der Waals surface area contributed by atoms with E-state index in [1.165, 1.54) is 25.7 Å². The lowest BCUT2D eigenvalue weighted by atomic mass is 9.82. The van der Waals surface area contributed by atoms with Crippen molar-refractivity contribution in [2.45, 2.75) is 71.6 Å². The van der Waals surface area contributed by atoms with Gasteiger partial charge in [0.15, 0.2) is 5.82 Å². The van der Waals surface area contributed by atoms with E-state index in [9.17, 15) is 0 Å². The van der Waals surface area contributed by atoms with E-state index < -0.39 is 0 Å². The molecule has 0 aliphatic heterocycles. The topological polar surface area (TPSA) is 64.9 Å². The van der Waals surface area contributed by atoms with Gasteiger partial charge in [-0.15, -0.1) is 0 Å². The molecule has 0 bridgehead atoms. The van der Waals surface area contributed by atoms with E-state index in [1.807, 2.05) is 0 Å². The van der Waals surface area contributed by atoms with Crippen LogP contribution in [0.15, 0.2) is 4.52 Å². The van der Waals surface area contributed by atoms with Gasteiger partial charge in [-0.25, -0.2) is 0 Å². The van der Waals surface area contributed by atoms with E-state index in [1.54, 1.807) is 0 Å². The van der Waals surface area contributed by atoms with Crippen LogP contribution in [0.1, 0.15) is 83.3 Å². The quantitative estimate of drug-likeness (QED) is 0.909. The van der Waals surface area contributed by atoms with E-state index in [0.29, 0.717) is 12.5 Å². The van der Waals surface area contributed by atoms with Crippen LogP contribution >= 0.6 is 0 Å². The summed E-state index contributed by atoms with van der Waals surface area (Å²) in [5.41, 5.74) is 6.11. The summed E-state index contributed by atoms with van der Waals surface area (Å²) in [7, 11) is 0. The van der Waals surface area contributed by atoms with Gasteiger partial charge < -0.3 is 10.3 Å². The molecule has 2 N–H and O–H groups in total. The van der Waals surface area contributed by atoms with E-state index in [2.05, 4.69) is 37.8 Å². The molecule has 1 aromatic heterocycles. The molecular formula is C16H29N3O. The zero-order chi connectivity index (χ0) is 14.8. The Balaban J connectivity index is 2.07. The van der Waals surface area contributed by atoms with Crippen molar-refractivity contribution in [3.05, 3.63) is 11.7 Å². The van der Waals surface area contributed by atoms with Crippen molar-refractivity contribution in [2.24, 2.45) is 17.1 Å². The van der Waals surface area contributed by atoms with Crippen LogP contribution in [0.25, 0.3) is 0 Å². The number of nitrogens with zero attached hydrogens (tertiary/aromatic N) is 2. The standard InChI is InChI=1S/C16H29N3O/c1-11-6-5-7-12(8-11)14-18-15(20-19-14)13(10-17)9-16(2,3)4/h11-13H,5-10,17H2,1-4H3. The molecule has 0 amide bonds. The molecule has 0 radical (unpaired) electrons. The summed E-state index contributed by atoms with van der Waals surface area (Å²) >= 11 is 0. The lowest BCUT2D eigenvalue weighted by Gasteiger charge is -2.24. The minimum Gasteiger partial charge on any atom is -0.339 e. The van der Waals surface area contributed by atoms with Crippen LogP contribution in [0.4, 0.5) is 0 Å². The predicted octanol–water partition coefficient (Wildman–Crippen LogP) is 3.84. The summed E-state index contributed by atoms with van der Waals surface area (Å²) in [6.45, 7) is 9.54. The van der Waals surface area contributed by atoms with Crippen molar-refractivity contribution in [1.29, 1.82) is 0 Å². The number of nitrogens with two attached hydrogens (primary N) is 1. The second-order valence-corrected chi connectivity index (χ2v) is 7.66. The number of hydrogen-bond donors (Lipinski definition) is 1. The smallest absolute Gasteiger partial charge is 0.231 e. The summed E-state index contributed by atoms with van der Waals surface area (Å²) in [4.78, 5) is 4.67. The minimum absolute atomic E-state index is 0.178. The first-order chi connectivity index (χ1) is 9.39. The van der Waals surface area contributed by atoms with E-state index in [0.717, 1.165) is 24.1 Å². The predicted molar refractivity (Wildman–Crippen MR) is 80.5 cm³/mol. The highest BCUT2D eigenvalue weighted by atomic mass is 16.5. The molecule has 0 aromatic carbocycles. The highest BCUT2D eigenvalue weighted by Crippen LogP contribution is 2.36. The third kappa shape index (κ3) is 4.05. The number of hydrogen-bond acceptors (Lipinski definition) is 4. The molecule has 0 spiro atoms. The molecule has 1 aliphatic rings. The van der Waals surface area contributed by atoms with Gasteiger partial charge in [-0.05, 0) is 30.6 Å². The lowest BCUT2D eigenvalue weighted by molar-refractivity contribution is 0.282. The fourth-order valence-corrected chi connectivity index (χ4v) is 3.26. The fourth-order valence-electron chi connectivity index (χ4n) is 3.26. The summed E-state index contributed by atoms with van der Waals surface area (Å²) in [6, 6.07) is 0. The van der Waals surface area contributed by atoms with Crippen LogP contribution in [0, 0.1) is 11.3 Å². The molecule has 0 saturated heterocycles. The van der Waals surface area contributed by atoms with Crippen LogP contribution in [0.2, 0.25) is 0 Å². The van der Waals surface area contributed by atoms with Gasteiger partial charge in [-0.2, -0.15) is 4.98 Å². The number of aromatic nitrogens is 2. The Bertz CT molecular complexity index is 422. The Kier molecular flexibility index (Phi) is 4.84. The highest BCUT2D eigenvalue weighted by molar-refractivity contribution is 5.02. The Morgan fingerprint density at radius 1 is 1.35 bits per heavy atom. The third-order valence-corrected chi connectivity index (χ3v) is 4.25. The molecule has 1 heterocycles. The SMILES string of the molecule is CC1CCCC(c2noc(C(CN)CC(C)(C)C)n2)C1. The zero-order valence-corrected chi connectivity index (χ0v) is 13.4. The summed E-state index contributed by atoms with van der Waals surface area (Å²) < 4.78 is 5.51. The van der Waals surface area contributed by atoms with E-state index in [-0.39, 0.29) is 11.3 Å². The fraction of sp³-hybridized carbons (Fsp3) is 0.875. The molecule has 1 aliphatic carbocycles. The monoisotopic (exact) mass is 279 g/mol. The van der Waals surface area contributed by atoms with Crippen molar-refractivity contribution in [2.75, 3.05) is 6.54 Å². The van der Waals surface area contributed by atoms with Crippen LogP contribution in [-0.2, 0) is 0 Å². The van der Waals surface area contributed by atoms with Crippen molar-refractivity contribution >= 4 is 0 Å². The van der Waals surface area contributed by atoms with Gasteiger partial charge in [0.1, 0.15) is 0 Å². The Hall–Kier alpha value is -0.900. The van der Waals surface area contributed by atoms with Gasteiger partial charge in [0, 0.05) is 12.5 Å². The van der Waals surface area contributed by atoms with Gasteiger partial charge in [-0.1, -0.05) is 45.7 Å². The molecule has 1 aromatic rings. The minimum atomic E-state index is 0.178. The molecule has 2 rings (SSSR count). The Labute approximate surface area is 122 Å². The second kappa shape index (κ2) is 6.25. The third-order valence-electron chi connectivity index (χ3n) is 4.25. The van der Waals surface area contributed by atoms with Gasteiger partial charge in [-0.3, -0.25) is 0 Å². The molecule has 1 saturated carbocycles. The second-order valence-electron chi connectivity index (χ2n) is 7.66. The molecule has 1 fully saturated rings. The lowest BCUT2D eigenvalue weighted by Crippen LogP contribution is -2.20. The average Bonchev–Trinajstić information content (AvgIpc) is 2.84. The van der Waals surface area contributed by atoms with Crippen LogP contribution in [-0.4, -0.2) is 16.7 Å². The molecule has 3 unspecified atom stereocenters. The molecule has 20 heavy (non-hydrogen) atoms. The molecule has 3 atom stereocenters. The zero-order valence-electron chi connectivity index (χ0n) is 13.4. The van der Waals surface area contributed by atoms with E-state index in [4.69, 9.17) is 10.3 Å². The first-order valence-electron chi connectivity index (χ1n) is 7.92. The molecule has 114 valence electrons. The van der Waals surface area contributed by atoms with Crippen molar-refractivity contribution in [3.8, 4) is 0 Å². The van der Waals surface area contributed by atoms with Gasteiger partial charge in [0.05, 0.1) is 5.92 Å². The normalized spacial score (nSPS) is 25.6. The van der Waals surface area contributed by atoms with Crippen LogP contribution in [0.3, 0.4) is 0 Å². The van der Waals surface area contributed by atoms with Gasteiger partial charge in [0.2, 0.25) is 5.89 Å². The van der Waals surface area contributed by atoms with E-state index >= 15 is 0 Å². The average molecular weight is 279 g/mol. The molecular weight excluding hydrogens is 250 g/mol. The van der Waals surface area contributed by atoms with Gasteiger partial charge in [0.25, 0.3) is 0 Å². The Morgan fingerprint density at radius 2 is 2.10 bits per heavy atom. The first kappa shape index (κ1) is 15.5. The molecule has 4 heteroatoms. The van der Waals surface area contributed by atoms with Crippen molar-refractivity contribution < 1.29 is 4.52 Å². The van der Waals surface area contributed by atoms with Crippen LogP contribution in [0.5, 0.6) is 0 Å². The molecule has 4 nitrogen and oxygen atoms in total. The highest BCUT2D eigenvalue weighted by Gasteiger charge is 2.28. The largest absolute Gasteiger partial charge is 0.339 e. The first-order valence-corrected chi connectivity index (χ1v) is 7.92. The maximum Gasteiger partial charge on any atom is 0.231 e. The summed E-state index contributed by atoms with van der Waals surface area (Å²) in [6.07, 6.45) is 5.96.